The van der Waals surface area contributed by atoms with Crippen LogP contribution in [0.15, 0.2) is 27.5 Å². The fourth-order valence-corrected chi connectivity index (χ4v) is 1.54. The molecule has 0 N–H and O–H groups in total. The predicted octanol–water partition coefficient (Wildman–Crippen LogP) is 2.55. The highest BCUT2D eigenvalue weighted by atomic mass is 79.9. The molecule has 0 saturated carbocycles. The van der Waals surface area contributed by atoms with Gasteiger partial charge in [0.2, 0.25) is 0 Å². The number of hydrogen-bond acceptors (Lipinski definition) is 3. The lowest BCUT2D eigenvalue weighted by molar-refractivity contribution is 1.19. The van der Waals surface area contributed by atoms with Gasteiger partial charge < -0.3 is 0 Å². The van der Waals surface area contributed by atoms with E-state index in [1.54, 1.807) is 12.4 Å². The van der Waals surface area contributed by atoms with E-state index in [1.807, 2.05) is 6.07 Å². The third-order valence-electron chi connectivity index (χ3n) is 1.37. The predicted molar refractivity (Wildman–Crippen MR) is 52.7 cm³/mol. The van der Waals surface area contributed by atoms with Crippen LogP contribution >= 0.6 is 31.9 Å². The fourth-order valence-electron chi connectivity index (χ4n) is 0.869. The second-order valence-corrected chi connectivity index (χ2v) is 3.82. The van der Waals surface area contributed by atoms with Gasteiger partial charge in [0.1, 0.15) is 10.1 Å². The molecular formula is C7H3Br2N3. The van der Waals surface area contributed by atoms with E-state index in [0.29, 0.717) is 10.3 Å². The summed E-state index contributed by atoms with van der Waals surface area (Å²) in [6.07, 6.45) is 3.34. The van der Waals surface area contributed by atoms with Crippen molar-refractivity contribution in [3.8, 4) is 0 Å². The lowest BCUT2D eigenvalue weighted by Crippen LogP contribution is -1.87. The largest absolute Gasteiger partial charge is 0.249 e. The summed E-state index contributed by atoms with van der Waals surface area (Å²) >= 11 is 6.59. The zero-order valence-corrected chi connectivity index (χ0v) is 9.00. The van der Waals surface area contributed by atoms with Crippen molar-refractivity contribution in [2.75, 3.05) is 0 Å². The van der Waals surface area contributed by atoms with E-state index in [2.05, 4.69) is 46.8 Å². The van der Waals surface area contributed by atoms with Crippen LogP contribution in [0.25, 0.3) is 11.2 Å². The summed E-state index contributed by atoms with van der Waals surface area (Å²) in [6, 6.07) is 1.84. The first-order valence-corrected chi connectivity index (χ1v) is 4.79. The quantitative estimate of drug-likeness (QED) is 0.748. The third-order valence-corrected chi connectivity index (χ3v) is 2.39. The van der Waals surface area contributed by atoms with Crippen molar-refractivity contribution < 1.29 is 0 Å². The number of hydrogen-bond donors (Lipinski definition) is 0. The van der Waals surface area contributed by atoms with Crippen LogP contribution in [0.2, 0.25) is 0 Å². The molecule has 0 atom stereocenters. The summed E-state index contributed by atoms with van der Waals surface area (Å²) in [4.78, 5) is 12.4. The Balaban J connectivity index is 2.86. The van der Waals surface area contributed by atoms with Crippen LogP contribution in [0.5, 0.6) is 0 Å². The maximum Gasteiger partial charge on any atom is 0.180 e. The van der Waals surface area contributed by atoms with Crippen molar-refractivity contribution in [1.82, 2.24) is 15.0 Å². The molecule has 0 aromatic carbocycles. The molecule has 12 heavy (non-hydrogen) atoms. The van der Waals surface area contributed by atoms with Gasteiger partial charge in [-0.3, -0.25) is 0 Å². The first-order chi connectivity index (χ1) is 5.77. The molecule has 2 aromatic heterocycles. The smallest absolute Gasteiger partial charge is 0.180 e. The van der Waals surface area contributed by atoms with Gasteiger partial charge in [0.25, 0.3) is 0 Å². The van der Waals surface area contributed by atoms with Crippen molar-refractivity contribution >= 4 is 43.0 Å². The lowest BCUT2D eigenvalue weighted by Gasteiger charge is -1.96. The van der Waals surface area contributed by atoms with Gasteiger partial charge in [0.15, 0.2) is 5.65 Å². The van der Waals surface area contributed by atoms with Gasteiger partial charge in [-0.25, -0.2) is 15.0 Å². The summed E-state index contributed by atoms with van der Waals surface area (Å²) in [5, 5.41) is 0. The minimum Gasteiger partial charge on any atom is -0.249 e. The Morgan fingerprint density at radius 3 is 2.83 bits per heavy atom. The molecule has 0 radical (unpaired) electrons. The molecule has 0 fully saturated rings. The summed E-state index contributed by atoms with van der Waals surface area (Å²) < 4.78 is 1.60. The Morgan fingerprint density at radius 1 is 1.17 bits per heavy atom. The molecule has 0 aliphatic carbocycles. The highest BCUT2D eigenvalue weighted by Gasteiger charge is 2.01. The fraction of sp³-hybridized carbons (Fsp3) is 0. The maximum absolute atomic E-state index is 4.16. The van der Waals surface area contributed by atoms with Crippen molar-refractivity contribution in [2.45, 2.75) is 0 Å². The molecule has 0 unspecified atom stereocenters. The Morgan fingerprint density at radius 2 is 2.00 bits per heavy atom. The molecule has 0 aliphatic rings. The van der Waals surface area contributed by atoms with E-state index in [-0.39, 0.29) is 0 Å². The summed E-state index contributed by atoms with van der Waals surface area (Å²) in [6.45, 7) is 0. The van der Waals surface area contributed by atoms with E-state index < -0.39 is 0 Å². The van der Waals surface area contributed by atoms with Gasteiger partial charge >= 0.3 is 0 Å². The molecule has 2 heterocycles. The van der Waals surface area contributed by atoms with E-state index >= 15 is 0 Å². The van der Waals surface area contributed by atoms with E-state index in [1.165, 1.54) is 0 Å². The van der Waals surface area contributed by atoms with Crippen molar-refractivity contribution in [2.24, 2.45) is 0 Å². The summed E-state index contributed by atoms with van der Waals surface area (Å²) in [5.41, 5.74) is 1.42. The highest BCUT2D eigenvalue weighted by Crippen LogP contribution is 2.19. The molecule has 0 aliphatic heterocycles. The average molecular weight is 289 g/mol. The molecule has 2 aromatic rings. The molecule has 0 saturated heterocycles. The van der Waals surface area contributed by atoms with Crippen LogP contribution in [0.1, 0.15) is 0 Å². The molecule has 0 bridgehead atoms. The Labute approximate surface area is 85.5 Å². The first kappa shape index (κ1) is 8.07. The zero-order valence-electron chi connectivity index (χ0n) is 5.83. The van der Waals surface area contributed by atoms with E-state index in [4.69, 9.17) is 0 Å². The van der Waals surface area contributed by atoms with Gasteiger partial charge in [-0.15, -0.1) is 0 Å². The SMILES string of the molecule is Brc1cnc2c(Br)ccnc2n1. The van der Waals surface area contributed by atoms with Crippen LogP contribution in [0.3, 0.4) is 0 Å². The van der Waals surface area contributed by atoms with Crippen molar-refractivity contribution in [3.05, 3.63) is 27.5 Å². The highest BCUT2D eigenvalue weighted by molar-refractivity contribution is 9.10. The van der Waals surface area contributed by atoms with Crippen LogP contribution in [-0.4, -0.2) is 15.0 Å². The topological polar surface area (TPSA) is 38.7 Å². The monoisotopic (exact) mass is 287 g/mol. The minimum absolute atomic E-state index is 0.638. The number of aromatic nitrogens is 3. The van der Waals surface area contributed by atoms with Crippen LogP contribution in [-0.2, 0) is 0 Å². The number of halogens is 2. The van der Waals surface area contributed by atoms with E-state index in [9.17, 15) is 0 Å². The van der Waals surface area contributed by atoms with E-state index in [0.717, 1.165) is 9.99 Å². The molecule has 0 amide bonds. The zero-order chi connectivity index (χ0) is 8.55. The number of fused-ring (bicyclic) bond motifs is 1. The second-order valence-electron chi connectivity index (χ2n) is 2.16. The molecule has 60 valence electrons. The van der Waals surface area contributed by atoms with Gasteiger partial charge in [0.05, 0.1) is 6.20 Å². The molecule has 5 heteroatoms. The molecule has 3 nitrogen and oxygen atoms in total. The summed E-state index contributed by atoms with van der Waals surface area (Å²) in [7, 11) is 0. The minimum atomic E-state index is 0.638. The number of nitrogens with zero attached hydrogens (tertiary/aromatic N) is 3. The van der Waals surface area contributed by atoms with Gasteiger partial charge in [-0.05, 0) is 37.9 Å². The van der Waals surface area contributed by atoms with Gasteiger partial charge in [-0.2, -0.15) is 0 Å². The second kappa shape index (κ2) is 3.06. The van der Waals surface area contributed by atoms with Crippen LogP contribution in [0, 0.1) is 0 Å². The Hall–Kier alpha value is -0.550. The Bertz CT molecular complexity index is 430. The molecular weight excluding hydrogens is 286 g/mol. The van der Waals surface area contributed by atoms with Crippen molar-refractivity contribution in [3.63, 3.8) is 0 Å². The summed E-state index contributed by atoms with van der Waals surface area (Å²) in [5.74, 6) is 0. The third kappa shape index (κ3) is 1.34. The molecule has 2 rings (SSSR count). The Kier molecular flexibility index (Phi) is 2.06. The first-order valence-electron chi connectivity index (χ1n) is 3.20. The van der Waals surface area contributed by atoms with Gasteiger partial charge in [0, 0.05) is 10.7 Å². The van der Waals surface area contributed by atoms with Crippen LogP contribution < -0.4 is 0 Å². The average Bonchev–Trinajstić information content (AvgIpc) is 2.04. The standard InChI is InChI=1S/C7H3Br2N3/c8-4-1-2-10-7-6(4)11-3-5(9)12-7/h1-3H. The van der Waals surface area contributed by atoms with Crippen molar-refractivity contribution in [1.29, 1.82) is 0 Å². The maximum atomic E-state index is 4.16. The number of pyridine rings is 1. The normalized spacial score (nSPS) is 10.5. The number of rotatable bonds is 0. The van der Waals surface area contributed by atoms with Gasteiger partial charge in [-0.1, -0.05) is 0 Å². The van der Waals surface area contributed by atoms with Crippen LogP contribution in [0.4, 0.5) is 0 Å². The molecule has 0 spiro atoms. The lowest BCUT2D eigenvalue weighted by atomic mass is 10.4.